The summed E-state index contributed by atoms with van der Waals surface area (Å²) in [7, 11) is -4.59. The summed E-state index contributed by atoms with van der Waals surface area (Å²) in [5.74, 6) is 0. The van der Waals surface area contributed by atoms with Crippen molar-refractivity contribution in [2.24, 2.45) is 0 Å². The van der Waals surface area contributed by atoms with Gasteiger partial charge in [-0.2, -0.15) is 8.42 Å². The Labute approximate surface area is 109 Å². The van der Waals surface area contributed by atoms with Crippen molar-refractivity contribution in [2.45, 2.75) is 30.7 Å². The van der Waals surface area contributed by atoms with Crippen LogP contribution in [0.5, 0.6) is 0 Å². The second kappa shape index (κ2) is 6.88. The number of aliphatic hydroxyl groups is 4. The third-order valence-electron chi connectivity index (χ3n) is 2.45. The second-order valence-corrected chi connectivity index (χ2v) is 4.91. The van der Waals surface area contributed by atoms with Crippen LogP contribution in [0.2, 0.25) is 0 Å². The molecule has 0 aromatic heterocycles. The fourth-order valence-electron chi connectivity index (χ4n) is 1.51. The summed E-state index contributed by atoms with van der Waals surface area (Å²) in [5, 5.41) is 37.3. The minimum Gasteiger partial charge on any atom is -0.394 e. The second-order valence-electron chi connectivity index (χ2n) is 3.82. The predicted molar refractivity (Wildman–Crippen MR) is 57.2 cm³/mol. The average Bonchev–Trinajstić information content (AvgIpc) is 2.33. The number of ether oxygens (including phenoxy) is 2. The van der Waals surface area contributed by atoms with Crippen molar-refractivity contribution in [2.75, 3.05) is 19.8 Å². The molecule has 0 aromatic rings. The summed E-state index contributed by atoms with van der Waals surface area (Å²) >= 11 is 0. The first-order valence-corrected chi connectivity index (χ1v) is 6.66. The highest BCUT2D eigenvalue weighted by atomic mass is 32.3. The van der Waals surface area contributed by atoms with Crippen molar-refractivity contribution in [1.82, 2.24) is 0 Å². The molecule has 0 spiro atoms. The van der Waals surface area contributed by atoms with Gasteiger partial charge in [0.05, 0.1) is 19.8 Å². The Morgan fingerprint density at radius 2 is 1.68 bits per heavy atom. The van der Waals surface area contributed by atoms with Crippen LogP contribution in [0.3, 0.4) is 0 Å². The van der Waals surface area contributed by atoms with Crippen LogP contribution >= 0.6 is 0 Å². The molecule has 114 valence electrons. The summed E-state index contributed by atoms with van der Waals surface area (Å²) in [6, 6.07) is 0. The zero-order chi connectivity index (χ0) is 14.6. The Balaban J connectivity index is 2.44. The molecule has 1 rings (SSSR count). The van der Waals surface area contributed by atoms with Gasteiger partial charge in [-0.3, -0.25) is 4.55 Å². The topological polar surface area (TPSA) is 163 Å². The van der Waals surface area contributed by atoms with E-state index in [2.05, 4.69) is 4.18 Å². The Morgan fingerprint density at radius 1 is 1.05 bits per heavy atom. The van der Waals surface area contributed by atoms with Crippen LogP contribution < -0.4 is 0 Å². The lowest BCUT2D eigenvalue weighted by atomic mass is 9.99. The highest BCUT2D eigenvalue weighted by molar-refractivity contribution is 7.80. The van der Waals surface area contributed by atoms with Gasteiger partial charge in [0.15, 0.2) is 6.29 Å². The minimum atomic E-state index is -4.59. The van der Waals surface area contributed by atoms with Crippen LogP contribution in [0, 0.1) is 0 Å². The van der Waals surface area contributed by atoms with Gasteiger partial charge in [0.1, 0.15) is 24.4 Å². The lowest BCUT2D eigenvalue weighted by Gasteiger charge is -2.39. The largest absolute Gasteiger partial charge is 0.397 e. The van der Waals surface area contributed by atoms with Crippen LogP contribution in [0.4, 0.5) is 0 Å². The molecule has 1 heterocycles. The van der Waals surface area contributed by atoms with Gasteiger partial charge < -0.3 is 29.9 Å². The van der Waals surface area contributed by atoms with E-state index in [1.54, 1.807) is 0 Å². The van der Waals surface area contributed by atoms with Crippen LogP contribution in [-0.4, -0.2) is 83.9 Å². The molecule has 5 N–H and O–H groups in total. The normalized spacial score (nSPS) is 36.4. The van der Waals surface area contributed by atoms with E-state index >= 15 is 0 Å². The highest BCUT2D eigenvalue weighted by Crippen LogP contribution is 2.21. The number of hydrogen-bond acceptors (Lipinski definition) is 9. The quantitative estimate of drug-likeness (QED) is 0.247. The van der Waals surface area contributed by atoms with Crippen LogP contribution in [0.1, 0.15) is 0 Å². The molecule has 11 heteroatoms. The molecule has 5 atom stereocenters. The van der Waals surface area contributed by atoms with E-state index in [0.29, 0.717) is 0 Å². The monoisotopic (exact) mass is 304 g/mol. The first-order chi connectivity index (χ1) is 8.76. The summed E-state index contributed by atoms with van der Waals surface area (Å²) in [5.41, 5.74) is 0. The van der Waals surface area contributed by atoms with E-state index in [4.69, 9.17) is 19.1 Å². The van der Waals surface area contributed by atoms with Crippen LogP contribution in [-0.2, 0) is 24.1 Å². The summed E-state index contributed by atoms with van der Waals surface area (Å²) in [6.45, 7) is -1.51. The third kappa shape index (κ3) is 4.91. The maximum atomic E-state index is 10.2. The van der Waals surface area contributed by atoms with Crippen molar-refractivity contribution < 1.29 is 47.1 Å². The zero-order valence-corrected chi connectivity index (χ0v) is 10.5. The van der Waals surface area contributed by atoms with Crippen LogP contribution in [0.25, 0.3) is 0 Å². The molecule has 1 saturated heterocycles. The van der Waals surface area contributed by atoms with E-state index < -0.39 is 54.3 Å². The molecule has 0 bridgehead atoms. The Morgan fingerprint density at radius 3 is 2.21 bits per heavy atom. The molecule has 1 unspecified atom stereocenters. The van der Waals surface area contributed by atoms with Gasteiger partial charge in [-0.1, -0.05) is 0 Å². The molecule has 10 nitrogen and oxygen atoms in total. The van der Waals surface area contributed by atoms with Crippen molar-refractivity contribution in [3.05, 3.63) is 0 Å². The number of aliphatic hydroxyl groups excluding tert-OH is 4. The molecule has 1 aliphatic rings. The van der Waals surface area contributed by atoms with E-state index in [1.165, 1.54) is 0 Å². The molecule has 0 saturated carbocycles. The van der Waals surface area contributed by atoms with Crippen molar-refractivity contribution in [1.29, 1.82) is 0 Å². The molecular weight excluding hydrogens is 288 g/mol. The predicted octanol–water partition coefficient (Wildman–Crippen LogP) is -3.38. The van der Waals surface area contributed by atoms with Gasteiger partial charge in [-0.25, -0.2) is 4.18 Å². The maximum Gasteiger partial charge on any atom is 0.397 e. The number of hydrogen-bond donors (Lipinski definition) is 5. The van der Waals surface area contributed by atoms with E-state index in [0.717, 1.165) is 0 Å². The summed E-state index contributed by atoms with van der Waals surface area (Å²) in [6.07, 6.45) is -7.16. The minimum absolute atomic E-state index is 0.373. The zero-order valence-electron chi connectivity index (χ0n) is 9.69. The molecular formula is C8H16O10S. The molecule has 0 amide bonds. The van der Waals surface area contributed by atoms with Crippen molar-refractivity contribution in [3.63, 3.8) is 0 Å². The van der Waals surface area contributed by atoms with Gasteiger partial charge in [-0.15, -0.1) is 0 Å². The Hall–Kier alpha value is -0.370. The summed E-state index contributed by atoms with van der Waals surface area (Å²) < 4.78 is 42.5. The average molecular weight is 304 g/mol. The Bertz CT molecular complexity index is 368. The first kappa shape index (κ1) is 16.7. The number of rotatable bonds is 6. The van der Waals surface area contributed by atoms with E-state index in [1.807, 2.05) is 0 Å². The SMILES string of the molecule is O=S(=O)(O)OCCOC1O[C@H](CO)[C@@H](O)[C@H](O)[C@H]1O. The third-order valence-corrected chi connectivity index (χ3v) is 2.91. The lowest BCUT2D eigenvalue weighted by molar-refractivity contribution is -0.301. The van der Waals surface area contributed by atoms with Gasteiger partial charge in [-0.05, 0) is 0 Å². The molecule has 1 aliphatic heterocycles. The first-order valence-electron chi connectivity index (χ1n) is 5.30. The standard InChI is InChI=1S/C8H16O10S/c9-3-4-5(10)6(11)7(12)8(18-4)16-1-2-17-19(13,14)15/h4-12H,1-3H2,(H,13,14,15)/t4-,5-,6+,7-,8?/m1/s1. The Kier molecular flexibility index (Phi) is 6.04. The van der Waals surface area contributed by atoms with Crippen molar-refractivity contribution in [3.8, 4) is 0 Å². The van der Waals surface area contributed by atoms with Gasteiger partial charge in [0.2, 0.25) is 0 Å². The van der Waals surface area contributed by atoms with Gasteiger partial charge >= 0.3 is 10.4 Å². The fourth-order valence-corrected chi connectivity index (χ4v) is 1.79. The molecule has 1 fully saturated rings. The fraction of sp³-hybridized carbons (Fsp3) is 1.00. The summed E-state index contributed by atoms with van der Waals surface area (Å²) in [4.78, 5) is 0. The van der Waals surface area contributed by atoms with Crippen molar-refractivity contribution >= 4 is 10.4 Å². The molecule has 0 aliphatic carbocycles. The smallest absolute Gasteiger partial charge is 0.394 e. The maximum absolute atomic E-state index is 10.2. The van der Waals surface area contributed by atoms with Crippen LogP contribution in [0.15, 0.2) is 0 Å². The van der Waals surface area contributed by atoms with E-state index in [-0.39, 0.29) is 6.61 Å². The lowest BCUT2D eigenvalue weighted by Crippen LogP contribution is -2.59. The molecule has 0 aromatic carbocycles. The van der Waals surface area contributed by atoms with Gasteiger partial charge in [0, 0.05) is 0 Å². The van der Waals surface area contributed by atoms with Gasteiger partial charge in [0.25, 0.3) is 0 Å². The molecule has 19 heavy (non-hydrogen) atoms. The highest BCUT2D eigenvalue weighted by Gasteiger charge is 2.43. The molecule has 0 radical (unpaired) electrons. The van der Waals surface area contributed by atoms with E-state index in [9.17, 15) is 23.7 Å².